The second-order valence-electron chi connectivity index (χ2n) is 5.43. The van der Waals surface area contributed by atoms with Gasteiger partial charge in [-0.15, -0.1) is 0 Å². The zero-order valence-electron chi connectivity index (χ0n) is 12.5. The first-order valence-electron chi connectivity index (χ1n) is 6.42. The summed E-state index contributed by atoms with van der Waals surface area (Å²) in [5.74, 6) is -1.65. The van der Waals surface area contributed by atoms with Crippen LogP contribution in [0.4, 0.5) is 0 Å². The Morgan fingerprint density at radius 1 is 1.43 bits per heavy atom. The van der Waals surface area contributed by atoms with Crippen LogP contribution in [0.1, 0.15) is 39.9 Å². The van der Waals surface area contributed by atoms with Gasteiger partial charge in [-0.1, -0.05) is 5.16 Å². The Balaban J connectivity index is 2.61. The Morgan fingerprint density at radius 3 is 2.57 bits per heavy atom. The lowest BCUT2D eigenvalue weighted by molar-refractivity contribution is -0.157. The van der Waals surface area contributed by atoms with Gasteiger partial charge in [0, 0.05) is 0 Å². The minimum absolute atomic E-state index is 0.0359. The lowest BCUT2D eigenvalue weighted by Crippen LogP contribution is -2.26. The van der Waals surface area contributed by atoms with Crippen molar-refractivity contribution in [2.75, 3.05) is 0 Å². The second kappa shape index (κ2) is 6.92. The van der Waals surface area contributed by atoms with Gasteiger partial charge in [-0.25, -0.2) is 4.79 Å². The molecule has 0 aliphatic heterocycles. The van der Waals surface area contributed by atoms with Crippen molar-refractivity contribution in [3.8, 4) is 0 Å². The third-order valence-electron chi connectivity index (χ3n) is 2.16. The van der Waals surface area contributed by atoms with Crippen LogP contribution in [0, 0.1) is 0 Å². The number of carboxylic acids is 1. The summed E-state index contributed by atoms with van der Waals surface area (Å²) in [4.78, 5) is 27.7. The first kappa shape index (κ1) is 16.7. The van der Waals surface area contributed by atoms with Gasteiger partial charge in [-0.3, -0.25) is 4.79 Å². The molecule has 0 spiro atoms. The highest BCUT2D eigenvalue weighted by Crippen LogP contribution is 2.11. The molecule has 1 aromatic heterocycles. The first-order chi connectivity index (χ1) is 9.69. The third-order valence-corrected chi connectivity index (χ3v) is 2.16. The van der Waals surface area contributed by atoms with Crippen molar-refractivity contribution in [2.45, 2.75) is 45.8 Å². The predicted octanol–water partition coefficient (Wildman–Crippen LogP) is 2.21. The molecule has 0 saturated heterocycles. The summed E-state index contributed by atoms with van der Waals surface area (Å²) in [7, 11) is 0. The average molecular weight is 297 g/mol. The van der Waals surface area contributed by atoms with Gasteiger partial charge in [0.25, 0.3) is 0 Å². The molecule has 7 nitrogen and oxygen atoms in total. The molecule has 0 aliphatic rings. The monoisotopic (exact) mass is 297 g/mol. The maximum absolute atomic E-state index is 11.6. The number of oxime groups is 1. The largest absolute Gasteiger partial charge is 0.476 e. The van der Waals surface area contributed by atoms with E-state index >= 15 is 0 Å². The van der Waals surface area contributed by atoms with E-state index in [1.165, 1.54) is 18.4 Å². The number of hydrogen-bond donors (Lipinski definition) is 1. The standard InChI is InChI=1S/C14H19NO6/c1-9(8-11(16)20-14(2,3)4)21-15-12(13(17)18)10-6-5-7-19-10/h5-7,9H,8H2,1-4H3,(H,17,18)/b15-12-. The molecule has 1 unspecified atom stereocenters. The molecule has 1 atom stereocenters. The zero-order chi connectivity index (χ0) is 16.0. The molecule has 0 fully saturated rings. The normalized spacial score (nSPS) is 13.6. The number of carboxylic acid groups (broad SMARTS) is 1. The summed E-state index contributed by atoms with van der Waals surface area (Å²) >= 11 is 0. The molecule has 0 aliphatic carbocycles. The molecule has 1 rings (SSSR count). The van der Waals surface area contributed by atoms with E-state index in [2.05, 4.69) is 5.16 Å². The van der Waals surface area contributed by atoms with E-state index in [0.717, 1.165) is 0 Å². The Bertz CT molecular complexity index is 512. The molecular weight excluding hydrogens is 278 g/mol. The summed E-state index contributed by atoms with van der Waals surface area (Å²) in [6.45, 7) is 6.87. The van der Waals surface area contributed by atoms with Gasteiger partial charge in [-0.2, -0.15) is 0 Å². The van der Waals surface area contributed by atoms with Crippen LogP contribution in [-0.2, 0) is 19.2 Å². The van der Waals surface area contributed by atoms with E-state index in [9.17, 15) is 9.59 Å². The highest BCUT2D eigenvalue weighted by molar-refractivity contribution is 6.41. The summed E-state index contributed by atoms with van der Waals surface area (Å²) < 4.78 is 10.1. The zero-order valence-corrected chi connectivity index (χ0v) is 12.5. The maximum Gasteiger partial charge on any atom is 0.361 e. The number of carbonyl (C=O) groups is 2. The number of carbonyl (C=O) groups excluding carboxylic acids is 1. The molecule has 0 saturated carbocycles. The molecule has 0 radical (unpaired) electrons. The Kier molecular flexibility index (Phi) is 5.52. The van der Waals surface area contributed by atoms with Gasteiger partial charge < -0.3 is 19.1 Å². The molecule has 116 valence electrons. The van der Waals surface area contributed by atoms with E-state index in [-0.39, 0.29) is 17.9 Å². The fourth-order valence-corrected chi connectivity index (χ4v) is 1.40. The highest BCUT2D eigenvalue weighted by atomic mass is 16.6. The highest BCUT2D eigenvalue weighted by Gasteiger charge is 2.21. The van der Waals surface area contributed by atoms with Crippen LogP contribution >= 0.6 is 0 Å². The van der Waals surface area contributed by atoms with Gasteiger partial charge in [0.15, 0.2) is 5.76 Å². The first-order valence-corrected chi connectivity index (χ1v) is 6.42. The van der Waals surface area contributed by atoms with Crippen LogP contribution in [0.15, 0.2) is 28.0 Å². The number of aliphatic carboxylic acids is 1. The maximum atomic E-state index is 11.6. The molecular formula is C14H19NO6. The van der Waals surface area contributed by atoms with Crippen LogP contribution in [0.2, 0.25) is 0 Å². The van der Waals surface area contributed by atoms with Crippen molar-refractivity contribution in [2.24, 2.45) is 5.16 Å². The Morgan fingerprint density at radius 2 is 2.10 bits per heavy atom. The van der Waals surface area contributed by atoms with Crippen molar-refractivity contribution < 1.29 is 28.7 Å². The van der Waals surface area contributed by atoms with Gasteiger partial charge in [0.2, 0.25) is 5.71 Å². The number of esters is 1. The molecule has 7 heteroatoms. The average Bonchev–Trinajstić information content (AvgIpc) is 2.79. The molecule has 21 heavy (non-hydrogen) atoms. The summed E-state index contributed by atoms with van der Waals surface area (Å²) in [6.07, 6.45) is 0.674. The van der Waals surface area contributed by atoms with Crippen LogP contribution in [0.3, 0.4) is 0 Å². The van der Waals surface area contributed by atoms with Crippen molar-refractivity contribution in [1.82, 2.24) is 0 Å². The lowest BCUT2D eigenvalue weighted by Gasteiger charge is -2.20. The van der Waals surface area contributed by atoms with E-state index < -0.39 is 23.6 Å². The summed E-state index contributed by atoms with van der Waals surface area (Å²) in [5, 5.41) is 12.6. The number of nitrogens with zero attached hydrogens (tertiary/aromatic N) is 1. The molecule has 1 aromatic rings. The molecule has 0 bridgehead atoms. The Hall–Kier alpha value is -2.31. The molecule has 0 aromatic carbocycles. The number of furan rings is 1. The van der Waals surface area contributed by atoms with Crippen LogP contribution < -0.4 is 0 Å². The SMILES string of the molecule is CC(CC(=O)OC(C)(C)C)O/N=C(\C(=O)O)c1ccco1. The number of rotatable bonds is 6. The van der Waals surface area contributed by atoms with E-state index in [4.69, 9.17) is 19.1 Å². The van der Waals surface area contributed by atoms with Gasteiger partial charge in [0.1, 0.15) is 11.7 Å². The van der Waals surface area contributed by atoms with Crippen molar-refractivity contribution >= 4 is 17.7 Å². The van der Waals surface area contributed by atoms with Crippen molar-refractivity contribution in [1.29, 1.82) is 0 Å². The third kappa shape index (κ3) is 6.11. The summed E-state index contributed by atoms with van der Waals surface area (Å²) in [6, 6.07) is 2.99. The number of ether oxygens (including phenoxy) is 1. The van der Waals surface area contributed by atoms with E-state index in [1.807, 2.05) is 0 Å². The van der Waals surface area contributed by atoms with Crippen LogP contribution in [0.5, 0.6) is 0 Å². The quantitative estimate of drug-likeness (QED) is 0.491. The topological polar surface area (TPSA) is 98.3 Å². The van der Waals surface area contributed by atoms with Gasteiger partial charge in [0.05, 0.1) is 12.7 Å². The van der Waals surface area contributed by atoms with E-state index in [0.29, 0.717) is 0 Å². The fraction of sp³-hybridized carbons (Fsp3) is 0.500. The van der Waals surface area contributed by atoms with Crippen molar-refractivity contribution in [3.63, 3.8) is 0 Å². The Labute approximate surface area is 122 Å². The molecule has 0 amide bonds. The van der Waals surface area contributed by atoms with Gasteiger partial charge >= 0.3 is 11.9 Å². The minimum atomic E-state index is -1.28. The smallest absolute Gasteiger partial charge is 0.361 e. The van der Waals surface area contributed by atoms with E-state index in [1.54, 1.807) is 27.7 Å². The molecule has 1 heterocycles. The second-order valence-corrected chi connectivity index (χ2v) is 5.43. The predicted molar refractivity (Wildman–Crippen MR) is 73.9 cm³/mol. The lowest BCUT2D eigenvalue weighted by atomic mass is 10.2. The van der Waals surface area contributed by atoms with Gasteiger partial charge in [-0.05, 0) is 39.8 Å². The molecule has 1 N–H and O–H groups in total. The minimum Gasteiger partial charge on any atom is -0.476 e. The van der Waals surface area contributed by atoms with Crippen LogP contribution in [-0.4, -0.2) is 34.5 Å². The summed E-state index contributed by atoms with van der Waals surface area (Å²) in [5.41, 5.74) is -0.948. The fourth-order valence-electron chi connectivity index (χ4n) is 1.40. The van der Waals surface area contributed by atoms with Crippen molar-refractivity contribution in [3.05, 3.63) is 24.2 Å². The number of hydrogen-bond acceptors (Lipinski definition) is 6. The van der Waals surface area contributed by atoms with Crippen LogP contribution in [0.25, 0.3) is 0 Å².